The number of hydrogen-bond acceptors (Lipinski definition) is 2. The fourth-order valence-corrected chi connectivity index (χ4v) is 5.48. The van der Waals surface area contributed by atoms with Crippen molar-refractivity contribution in [3.63, 3.8) is 0 Å². The van der Waals surface area contributed by atoms with E-state index in [0.29, 0.717) is 5.92 Å². The van der Waals surface area contributed by atoms with Crippen molar-refractivity contribution >= 4 is 17.8 Å². The molecule has 1 amide bonds. The molecule has 2 aliphatic heterocycles. The van der Waals surface area contributed by atoms with Gasteiger partial charge in [-0.1, -0.05) is 54.6 Å². The summed E-state index contributed by atoms with van der Waals surface area (Å²) >= 11 is 0. The first-order valence-electron chi connectivity index (χ1n) is 10.9. The first-order valence-corrected chi connectivity index (χ1v) is 10.9. The standard InChI is InChI=1S/C27H24N2O/c30-27(22-11-8-19-12-13-28-25(19)16-22)29-14-4-7-23-24-15-20(18-5-2-1-3-6-18)9-10-21(24)17-26(23)29/h1-3,5-6,8-11,13,15-16,23,26H,4,7,12,14,17H2/t23-,26+/m1/s1. The number of rotatable bonds is 2. The molecule has 0 unspecified atom stereocenters. The average molecular weight is 393 g/mol. The summed E-state index contributed by atoms with van der Waals surface area (Å²) in [6.45, 7) is 0.847. The lowest BCUT2D eigenvalue weighted by Crippen LogP contribution is -2.46. The normalized spacial score (nSPS) is 21.3. The molecule has 0 spiro atoms. The van der Waals surface area contributed by atoms with Crippen LogP contribution in [0.25, 0.3) is 11.1 Å². The smallest absolute Gasteiger partial charge is 0.254 e. The van der Waals surface area contributed by atoms with Crippen molar-refractivity contribution in [1.82, 2.24) is 4.90 Å². The molecular formula is C27H24N2O. The van der Waals surface area contributed by atoms with Crippen molar-refractivity contribution in [1.29, 1.82) is 0 Å². The molecule has 3 heteroatoms. The monoisotopic (exact) mass is 392 g/mol. The Balaban J connectivity index is 1.31. The van der Waals surface area contributed by atoms with Crippen LogP contribution in [0.2, 0.25) is 0 Å². The fourth-order valence-electron chi connectivity index (χ4n) is 5.48. The second-order valence-corrected chi connectivity index (χ2v) is 8.66. The van der Waals surface area contributed by atoms with E-state index in [2.05, 4.69) is 64.5 Å². The third kappa shape index (κ3) is 2.80. The lowest BCUT2D eigenvalue weighted by Gasteiger charge is -2.38. The lowest BCUT2D eigenvalue weighted by atomic mass is 9.87. The molecular weight excluding hydrogens is 368 g/mol. The Bertz CT molecular complexity index is 1160. The SMILES string of the molecule is O=C(c1ccc2c(c1)N=CC2)N1CCC[C@@H]2c3cc(-c4ccccc4)ccc3C[C@@H]21. The number of carbonyl (C=O) groups excluding carboxylic acids is 1. The van der Waals surface area contributed by atoms with E-state index in [-0.39, 0.29) is 11.9 Å². The second kappa shape index (κ2) is 6.94. The Hall–Kier alpha value is -3.20. The summed E-state index contributed by atoms with van der Waals surface area (Å²) in [5.41, 5.74) is 8.32. The van der Waals surface area contributed by atoms with Gasteiger partial charge >= 0.3 is 0 Å². The molecule has 3 aromatic carbocycles. The van der Waals surface area contributed by atoms with Crippen LogP contribution in [-0.4, -0.2) is 29.6 Å². The molecule has 3 aromatic rings. The molecule has 0 saturated carbocycles. The van der Waals surface area contributed by atoms with Crippen molar-refractivity contribution < 1.29 is 4.79 Å². The topological polar surface area (TPSA) is 32.7 Å². The number of amides is 1. The van der Waals surface area contributed by atoms with Crippen LogP contribution < -0.4 is 0 Å². The van der Waals surface area contributed by atoms with E-state index in [9.17, 15) is 4.79 Å². The number of fused-ring (bicyclic) bond motifs is 4. The van der Waals surface area contributed by atoms with Gasteiger partial charge in [-0.15, -0.1) is 0 Å². The highest BCUT2D eigenvalue weighted by Gasteiger charge is 2.41. The van der Waals surface area contributed by atoms with Crippen LogP contribution in [0.4, 0.5) is 5.69 Å². The fraction of sp³-hybridized carbons (Fsp3) is 0.259. The number of benzene rings is 3. The van der Waals surface area contributed by atoms with Crippen LogP contribution in [-0.2, 0) is 12.8 Å². The third-order valence-corrected chi connectivity index (χ3v) is 7.00. The van der Waals surface area contributed by atoms with Crippen molar-refractivity contribution in [2.45, 2.75) is 37.6 Å². The predicted molar refractivity (Wildman–Crippen MR) is 121 cm³/mol. The largest absolute Gasteiger partial charge is 0.335 e. The number of nitrogens with zero attached hydrogens (tertiary/aromatic N) is 2. The van der Waals surface area contributed by atoms with Gasteiger partial charge in [-0.05, 0) is 59.2 Å². The number of aliphatic imine (C=N–C) groups is 1. The zero-order valence-corrected chi connectivity index (χ0v) is 16.9. The minimum Gasteiger partial charge on any atom is -0.335 e. The summed E-state index contributed by atoms with van der Waals surface area (Å²) in [5, 5.41) is 0. The maximum Gasteiger partial charge on any atom is 0.254 e. The van der Waals surface area contributed by atoms with Crippen molar-refractivity contribution in [2.24, 2.45) is 4.99 Å². The molecule has 148 valence electrons. The van der Waals surface area contributed by atoms with E-state index in [1.165, 1.54) is 27.8 Å². The number of likely N-dealkylation sites (tertiary alicyclic amines) is 1. The molecule has 30 heavy (non-hydrogen) atoms. The maximum absolute atomic E-state index is 13.5. The molecule has 3 nitrogen and oxygen atoms in total. The van der Waals surface area contributed by atoms with Gasteiger partial charge in [-0.2, -0.15) is 0 Å². The van der Waals surface area contributed by atoms with Gasteiger partial charge in [0.2, 0.25) is 0 Å². The summed E-state index contributed by atoms with van der Waals surface area (Å²) in [6.07, 6.45) is 5.98. The van der Waals surface area contributed by atoms with Crippen LogP contribution in [0.1, 0.15) is 45.8 Å². The Morgan fingerprint density at radius 1 is 0.933 bits per heavy atom. The molecule has 1 fully saturated rings. The molecule has 0 N–H and O–H groups in total. The van der Waals surface area contributed by atoms with Gasteiger partial charge in [0, 0.05) is 36.7 Å². The Morgan fingerprint density at radius 2 is 1.80 bits per heavy atom. The first kappa shape index (κ1) is 17.6. The van der Waals surface area contributed by atoms with Crippen LogP contribution in [0, 0.1) is 0 Å². The quantitative estimate of drug-likeness (QED) is 0.562. The molecule has 0 bridgehead atoms. The van der Waals surface area contributed by atoms with Crippen molar-refractivity contribution in [3.05, 3.63) is 89.0 Å². The van der Waals surface area contributed by atoms with Gasteiger partial charge in [-0.25, -0.2) is 0 Å². The maximum atomic E-state index is 13.5. The van der Waals surface area contributed by atoms with E-state index >= 15 is 0 Å². The molecule has 0 aromatic heterocycles. The number of piperidine rings is 1. The highest BCUT2D eigenvalue weighted by molar-refractivity contribution is 5.96. The lowest BCUT2D eigenvalue weighted by molar-refractivity contribution is 0.0595. The van der Waals surface area contributed by atoms with E-state index in [1.54, 1.807) is 0 Å². The summed E-state index contributed by atoms with van der Waals surface area (Å²) in [6, 6.07) is 23.7. The molecule has 0 radical (unpaired) electrons. The zero-order valence-electron chi connectivity index (χ0n) is 16.9. The minimum atomic E-state index is 0.158. The van der Waals surface area contributed by atoms with Gasteiger partial charge in [-0.3, -0.25) is 9.79 Å². The number of carbonyl (C=O) groups is 1. The van der Waals surface area contributed by atoms with E-state index < -0.39 is 0 Å². The van der Waals surface area contributed by atoms with Crippen LogP contribution in [0.3, 0.4) is 0 Å². The van der Waals surface area contributed by atoms with Gasteiger partial charge in [0.15, 0.2) is 0 Å². The predicted octanol–water partition coefficient (Wildman–Crippen LogP) is 5.56. The minimum absolute atomic E-state index is 0.158. The molecule has 1 aliphatic carbocycles. The highest BCUT2D eigenvalue weighted by Crippen LogP contribution is 2.44. The molecule has 2 heterocycles. The molecule has 1 saturated heterocycles. The van der Waals surface area contributed by atoms with Gasteiger partial charge in [0.25, 0.3) is 5.91 Å². The zero-order chi connectivity index (χ0) is 20.1. The second-order valence-electron chi connectivity index (χ2n) is 8.66. The van der Waals surface area contributed by atoms with E-state index in [4.69, 9.17) is 0 Å². The molecule has 3 aliphatic rings. The van der Waals surface area contributed by atoms with Gasteiger partial charge < -0.3 is 4.90 Å². The van der Waals surface area contributed by atoms with Crippen molar-refractivity contribution in [2.75, 3.05) is 6.54 Å². The van der Waals surface area contributed by atoms with Gasteiger partial charge in [0.05, 0.1) is 5.69 Å². The van der Waals surface area contributed by atoms with E-state index in [0.717, 1.165) is 43.5 Å². The summed E-state index contributed by atoms with van der Waals surface area (Å²) in [5.74, 6) is 0.597. The van der Waals surface area contributed by atoms with E-state index in [1.807, 2.05) is 18.3 Å². The summed E-state index contributed by atoms with van der Waals surface area (Å²) in [4.78, 5) is 20.0. The van der Waals surface area contributed by atoms with Crippen LogP contribution >= 0.6 is 0 Å². The Kier molecular flexibility index (Phi) is 4.08. The van der Waals surface area contributed by atoms with Gasteiger partial charge in [0.1, 0.15) is 0 Å². The van der Waals surface area contributed by atoms with Crippen LogP contribution in [0.5, 0.6) is 0 Å². The Labute approximate surface area is 177 Å². The molecule has 2 atom stereocenters. The third-order valence-electron chi connectivity index (χ3n) is 7.00. The van der Waals surface area contributed by atoms with Crippen LogP contribution in [0.15, 0.2) is 71.7 Å². The first-order chi connectivity index (χ1) is 14.8. The number of hydrogen-bond donors (Lipinski definition) is 0. The average Bonchev–Trinajstić information content (AvgIpc) is 3.42. The molecule has 6 rings (SSSR count). The van der Waals surface area contributed by atoms with Crippen molar-refractivity contribution in [3.8, 4) is 11.1 Å². The Morgan fingerprint density at radius 3 is 2.70 bits per heavy atom. The summed E-state index contributed by atoms with van der Waals surface area (Å²) < 4.78 is 0. The summed E-state index contributed by atoms with van der Waals surface area (Å²) in [7, 11) is 0. The highest BCUT2D eigenvalue weighted by atomic mass is 16.2.